The largest absolute Gasteiger partial charge is 0.459 e. The number of esters is 1. The first-order chi connectivity index (χ1) is 14.0. The van der Waals surface area contributed by atoms with E-state index in [4.69, 9.17) is 16.2 Å². The number of nitrogens with two attached hydrogens (primary N) is 2. The van der Waals surface area contributed by atoms with Crippen LogP contribution in [-0.2, 0) is 32.1 Å². The Morgan fingerprint density at radius 3 is 2.38 bits per heavy atom. The summed E-state index contributed by atoms with van der Waals surface area (Å²) in [5.41, 5.74) is 12.7. The van der Waals surface area contributed by atoms with Crippen LogP contribution in [0.15, 0.2) is 54.9 Å². The molecule has 2 aromatic rings. The highest BCUT2D eigenvalue weighted by Gasteiger charge is 2.37. The van der Waals surface area contributed by atoms with Gasteiger partial charge in [-0.2, -0.15) is 0 Å². The number of imide groups is 1. The van der Waals surface area contributed by atoms with Crippen LogP contribution in [0.25, 0.3) is 0 Å². The van der Waals surface area contributed by atoms with Crippen LogP contribution in [-0.4, -0.2) is 58.0 Å². The van der Waals surface area contributed by atoms with Crippen LogP contribution < -0.4 is 11.5 Å². The lowest BCUT2D eigenvalue weighted by Crippen LogP contribution is -2.57. The first kappa shape index (κ1) is 22.2. The van der Waals surface area contributed by atoms with Crippen molar-refractivity contribution in [1.82, 2.24) is 9.88 Å². The van der Waals surface area contributed by atoms with Crippen LogP contribution in [0.5, 0.6) is 0 Å². The molecule has 0 radical (unpaired) electrons. The summed E-state index contributed by atoms with van der Waals surface area (Å²) in [6.45, 7) is -1.42. The second-order valence-electron chi connectivity index (χ2n) is 6.27. The van der Waals surface area contributed by atoms with E-state index in [1.807, 2.05) is 6.07 Å². The number of carbonyl (C=O) groups is 3. The van der Waals surface area contributed by atoms with Crippen molar-refractivity contribution in [3.05, 3.63) is 66.0 Å². The number of hydrogen-bond donors (Lipinski definition) is 3. The third-order valence-electron chi connectivity index (χ3n) is 4.16. The fraction of sp³-hybridized carbons (Fsp3) is 0.300. The molecular formula is C20H24N4O5. The maximum atomic E-state index is 12.8. The zero-order valence-corrected chi connectivity index (χ0v) is 15.8. The number of aromatic nitrogens is 1. The highest BCUT2D eigenvalue weighted by Crippen LogP contribution is 2.10. The fourth-order valence-corrected chi connectivity index (χ4v) is 2.67. The van der Waals surface area contributed by atoms with Crippen molar-refractivity contribution in [1.29, 1.82) is 0 Å². The molecule has 2 atom stereocenters. The third kappa shape index (κ3) is 6.18. The molecule has 0 aliphatic rings. The number of pyridine rings is 1. The lowest BCUT2D eigenvalue weighted by Gasteiger charge is -2.29. The fourth-order valence-electron chi connectivity index (χ4n) is 2.67. The smallest absolute Gasteiger partial charge is 0.332 e. The highest BCUT2D eigenvalue weighted by atomic mass is 16.5. The van der Waals surface area contributed by atoms with Gasteiger partial charge in [-0.25, -0.2) is 4.79 Å². The number of benzene rings is 1. The van der Waals surface area contributed by atoms with E-state index >= 15 is 0 Å². The minimum Gasteiger partial charge on any atom is -0.459 e. The van der Waals surface area contributed by atoms with Gasteiger partial charge in [-0.1, -0.05) is 36.4 Å². The molecule has 0 bridgehead atoms. The van der Waals surface area contributed by atoms with Crippen LogP contribution in [0.3, 0.4) is 0 Å². The molecule has 5 N–H and O–H groups in total. The van der Waals surface area contributed by atoms with Crippen LogP contribution in [0.1, 0.15) is 11.1 Å². The monoisotopic (exact) mass is 400 g/mol. The average molecular weight is 400 g/mol. The molecule has 154 valence electrons. The van der Waals surface area contributed by atoms with Gasteiger partial charge in [0.15, 0.2) is 6.04 Å². The summed E-state index contributed by atoms with van der Waals surface area (Å²) in [7, 11) is 0. The SMILES string of the molecule is NCC(=O)N(C(=O)C(N)Cc1cccnc1)C(CO)C(=O)OCc1ccccc1. The first-order valence-electron chi connectivity index (χ1n) is 8.99. The van der Waals surface area contributed by atoms with Gasteiger partial charge in [0.1, 0.15) is 6.61 Å². The van der Waals surface area contributed by atoms with E-state index in [9.17, 15) is 19.5 Å². The van der Waals surface area contributed by atoms with E-state index < -0.39 is 43.0 Å². The molecule has 0 spiro atoms. The quantitative estimate of drug-likeness (QED) is 0.471. The van der Waals surface area contributed by atoms with E-state index in [0.717, 1.165) is 0 Å². The van der Waals surface area contributed by atoms with Gasteiger partial charge in [0.25, 0.3) is 0 Å². The Labute approximate surface area is 168 Å². The molecule has 0 aliphatic carbocycles. The summed E-state index contributed by atoms with van der Waals surface area (Å²) in [5.74, 6) is -2.60. The number of ether oxygens (including phenoxy) is 1. The zero-order chi connectivity index (χ0) is 21.2. The molecule has 29 heavy (non-hydrogen) atoms. The van der Waals surface area contributed by atoms with Crippen LogP contribution in [0.4, 0.5) is 0 Å². The molecular weight excluding hydrogens is 376 g/mol. The molecule has 1 heterocycles. The first-order valence-corrected chi connectivity index (χ1v) is 8.99. The molecule has 2 rings (SSSR count). The summed E-state index contributed by atoms with van der Waals surface area (Å²) in [5, 5.41) is 9.69. The van der Waals surface area contributed by atoms with E-state index in [-0.39, 0.29) is 13.0 Å². The standard InChI is InChI=1S/C20H24N4O5/c21-10-18(26)24(19(27)16(22)9-15-7-4-8-23-11-15)17(12-25)20(28)29-13-14-5-2-1-3-6-14/h1-8,11,16-17,25H,9-10,12-13,21-22H2. The number of nitrogens with zero attached hydrogens (tertiary/aromatic N) is 2. The summed E-state index contributed by atoms with van der Waals surface area (Å²) in [4.78, 5) is 42.1. The van der Waals surface area contributed by atoms with Gasteiger partial charge in [-0.3, -0.25) is 19.5 Å². The van der Waals surface area contributed by atoms with Gasteiger partial charge >= 0.3 is 5.97 Å². The molecule has 0 saturated heterocycles. The van der Waals surface area contributed by atoms with Crippen molar-refractivity contribution in [2.24, 2.45) is 11.5 Å². The Morgan fingerprint density at radius 1 is 1.10 bits per heavy atom. The second-order valence-corrected chi connectivity index (χ2v) is 6.27. The number of amides is 2. The van der Waals surface area contributed by atoms with Gasteiger partial charge in [-0.05, 0) is 23.6 Å². The summed E-state index contributed by atoms with van der Waals surface area (Å²) < 4.78 is 5.17. The molecule has 9 nitrogen and oxygen atoms in total. The lowest BCUT2D eigenvalue weighted by atomic mass is 10.1. The van der Waals surface area contributed by atoms with E-state index in [0.29, 0.717) is 16.0 Å². The zero-order valence-electron chi connectivity index (χ0n) is 15.8. The molecule has 2 amide bonds. The Kier molecular flexibility index (Phi) is 8.41. The van der Waals surface area contributed by atoms with Gasteiger partial charge in [-0.15, -0.1) is 0 Å². The predicted molar refractivity (Wildman–Crippen MR) is 104 cm³/mol. The number of aliphatic hydroxyl groups excluding tert-OH is 1. The normalized spacial score (nSPS) is 12.7. The van der Waals surface area contributed by atoms with E-state index in [1.165, 1.54) is 0 Å². The molecule has 1 aromatic carbocycles. The Hall–Kier alpha value is -3.14. The van der Waals surface area contributed by atoms with Crippen LogP contribution >= 0.6 is 0 Å². The molecule has 0 saturated carbocycles. The molecule has 0 aliphatic heterocycles. The van der Waals surface area contributed by atoms with Gasteiger partial charge < -0.3 is 21.3 Å². The van der Waals surface area contributed by atoms with Crippen molar-refractivity contribution in [2.75, 3.05) is 13.2 Å². The topological polar surface area (TPSA) is 149 Å². The number of hydrogen-bond acceptors (Lipinski definition) is 8. The van der Waals surface area contributed by atoms with Crippen LogP contribution in [0.2, 0.25) is 0 Å². The van der Waals surface area contributed by atoms with Crippen molar-refractivity contribution < 1.29 is 24.2 Å². The molecule has 2 unspecified atom stereocenters. The summed E-state index contributed by atoms with van der Waals surface area (Å²) in [6.07, 6.45) is 3.21. The van der Waals surface area contributed by atoms with E-state index in [2.05, 4.69) is 4.98 Å². The van der Waals surface area contributed by atoms with Crippen molar-refractivity contribution in [3.63, 3.8) is 0 Å². The lowest BCUT2D eigenvalue weighted by molar-refractivity contribution is -0.164. The Bertz CT molecular complexity index is 816. The van der Waals surface area contributed by atoms with Crippen LogP contribution in [0, 0.1) is 0 Å². The minimum absolute atomic E-state index is 0.0727. The van der Waals surface area contributed by atoms with Crippen molar-refractivity contribution >= 4 is 17.8 Å². The Morgan fingerprint density at radius 2 is 1.79 bits per heavy atom. The summed E-state index contributed by atoms with van der Waals surface area (Å²) >= 11 is 0. The average Bonchev–Trinajstić information content (AvgIpc) is 2.76. The molecule has 9 heteroatoms. The third-order valence-corrected chi connectivity index (χ3v) is 4.16. The highest BCUT2D eigenvalue weighted by molar-refractivity contribution is 6.02. The van der Waals surface area contributed by atoms with Gasteiger partial charge in [0.2, 0.25) is 11.8 Å². The summed E-state index contributed by atoms with van der Waals surface area (Å²) in [6, 6.07) is 9.60. The maximum absolute atomic E-state index is 12.8. The van der Waals surface area contributed by atoms with E-state index in [1.54, 1.807) is 48.8 Å². The number of rotatable bonds is 9. The minimum atomic E-state index is -1.54. The molecule has 1 aromatic heterocycles. The van der Waals surface area contributed by atoms with Gasteiger partial charge in [0.05, 0.1) is 19.2 Å². The number of carbonyl (C=O) groups excluding carboxylic acids is 3. The molecule has 0 fully saturated rings. The van der Waals surface area contributed by atoms with Crippen molar-refractivity contribution in [2.45, 2.75) is 25.1 Å². The maximum Gasteiger partial charge on any atom is 0.332 e. The van der Waals surface area contributed by atoms with Crippen molar-refractivity contribution in [3.8, 4) is 0 Å². The number of aliphatic hydroxyl groups is 1. The Balaban J connectivity index is 2.13. The predicted octanol–water partition coefficient (Wildman–Crippen LogP) is -0.630. The second kappa shape index (κ2) is 11.0. The van der Waals surface area contributed by atoms with Gasteiger partial charge in [0, 0.05) is 12.4 Å².